The van der Waals surface area contributed by atoms with E-state index in [1.54, 1.807) is 6.07 Å². The normalized spacial score (nSPS) is 14.5. The lowest BCUT2D eigenvalue weighted by Crippen LogP contribution is -2.20. The van der Waals surface area contributed by atoms with Gasteiger partial charge in [-0.25, -0.2) is 4.39 Å². The Morgan fingerprint density at radius 3 is 2.36 bits per heavy atom. The number of phenolic OH excluding ortho intramolecular Hbond substituents is 1. The molecule has 0 aromatic heterocycles. The largest absolute Gasteiger partial charge is 0.507 e. The van der Waals surface area contributed by atoms with E-state index in [0.717, 1.165) is 34.0 Å². The second-order valence-electron chi connectivity index (χ2n) is 6.27. The minimum Gasteiger partial charge on any atom is -0.507 e. The Morgan fingerprint density at radius 1 is 1.09 bits per heavy atom. The highest BCUT2D eigenvalue weighted by atomic mass is 31.1. The van der Waals surface area contributed by atoms with Crippen molar-refractivity contribution in [1.29, 1.82) is 0 Å². The van der Waals surface area contributed by atoms with Crippen LogP contribution in [0.15, 0.2) is 30.3 Å². The fraction of sp³-hybridized carbons (Fsp3) is 0.368. The summed E-state index contributed by atoms with van der Waals surface area (Å²) >= 11 is 0. The molecule has 2 aromatic carbocycles. The minimum absolute atomic E-state index is 0.151. The van der Waals surface area contributed by atoms with E-state index >= 15 is 0 Å². The first-order chi connectivity index (χ1) is 10.3. The van der Waals surface area contributed by atoms with Crippen molar-refractivity contribution in [3.8, 4) is 5.75 Å². The summed E-state index contributed by atoms with van der Waals surface area (Å²) in [6.07, 6.45) is 0.842. The van der Waals surface area contributed by atoms with E-state index in [-0.39, 0.29) is 19.6 Å². The summed E-state index contributed by atoms with van der Waals surface area (Å²) in [6.45, 7) is 10.0. The first-order valence-corrected chi connectivity index (χ1v) is 8.62. The Balaban J connectivity index is 2.49. The smallest absolute Gasteiger partial charge is 0.130 e. The summed E-state index contributed by atoms with van der Waals surface area (Å²) in [4.78, 5) is 0. The molecule has 0 bridgehead atoms. The van der Waals surface area contributed by atoms with Crippen molar-refractivity contribution >= 4 is 13.9 Å². The molecule has 0 aliphatic carbocycles. The van der Waals surface area contributed by atoms with Crippen molar-refractivity contribution in [3.05, 3.63) is 58.4 Å². The van der Waals surface area contributed by atoms with E-state index in [4.69, 9.17) is 0 Å². The third-order valence-corrected chi connectivity index (χ3v) is 6.13. The molecule has 0 amide bonds. The zero-order valence-corrected chi connectivity index (χ0v) is 14.9. The number of phenols is 1. The molecule has 0 saturated heterocycles. The van der Waals surface area contributed by atoms with Gasteiger partial charge in [-0.1, -0.05) is 52.3 Å². The van der Waals surface area contributed by atoms with Gasteiger partial charge >= 0.3 is 0 Å². The maximum absolute atomic E-state index is 14.2. The Kier molecular flexibility index (Phi) is 4.92. The van der Waals surface area contributed by atoms with Crippen molar-refractivity contribution in [1.82, 2.24) is 0 Å². The number of hydrogen-bond acceptors (Lipinski definition) is 1. The maximum atomic E-state index is 14.2. The van der Waals surface area contributed by atoms with E-state index in [2.05, 4.69) is 13.8 Å². The highest BCUT2D eigenvalue weighted by Gasteiger charge is 2.30. The van der Waals surface area contributed by atoms with Crippen molar-refractivity contribution < 1.29 is 9.50 Å². The van der Waals surface area contributed by atoms with Crippen LogP contribution in [0, 0.1) is 26.6 Å². The lowest BCUT2D eigenvalue weighted by atomic mass is 9.93. The van der Waals surface area contributed by atoms with Crippen LogP contribution in [0.2, 0.25) is 0 Å². The van der Waals surface area contributed by atoms with Crippen molar-refractivity contribution in [2.24, 2.45) is 0 Å². The molecule has 2 rings (SSSR count). The molecule has 0 fully saturated rings. The van der Waals surface area contributed by atoms with Gasteiger partial charge in [0.25, 0.3) is 0 Å². The average molecular weight is 318 g/mol. The molecule has 0 saturated carbocycles. The quantitative estimate of drug-likeness (QED) is 0.779. The molecule has 3 heteroatoms. The van der Waals surface area contributed by atoms with Gasteiger partial charge in [0, 0.05) is 16.0 Å². The number of rotatable bonds is 4. The van der Waals surface area contributed by atoms with Gasteiger partial charge in [0.2, 0.25) is 0 Å². The second-order valence-corrected chi connectivity index (χ2v) is 8.16. The number of hydrogen-bond donors (Lipinski definition) is 1. The first kappa shape index (κ1) is 17.0. The Morgan fingerprint density at radius 2 is 1.77 bits per heavy atom. The molecule has 0 spiro atoms. The molecule has 118 valence electrons. The molecule has 0 heterocycles. The number of benzene rings is 2. The van der Waals surface area contributed by atoms with Gasteiger partial charge in [0.15, 0.2) is 0 Å². The Bertz CT molecular complexity index is 696. The average Bonchev–Trinajstić information content (AvgIpc) is 2.45. The maximum Gasteiger partial charge on any atom is 0.130 e. The zero-order valence-electron chi connectivity index (χ0n) is 13.9. The predicted octanol–water partition coefficient (Wildman–Crippen LogP) is 5.09. The van der Waals surface area contributed by atoms with Crippen molar-refractivity contribution in [2.75, 3.05) is 0 Å². The molecule has 0 radical (unpaired) electrons. The third kappa shape index (κ3) is 3.33. The molecule has 2 atom stereocenters. The van der Waals surface area contributed by atoms with E-state index in [1.807, 2.05) is 45.0 Å². The standard InChI is InChI=1S/C19H24FOP/c1-6-19(5,15-10-13(3)9-14(4)18(15)21)22-17-8-7-12(2)11-16(17)20/h7-11,21-22H,6H2,1-5H3. The van der Waals surface area contributed by atoms with Crippen LogP contribution in [-0.2, 0) is 5.16 Å². The van der Waals surface area contributed by atoms with Crippen LogP contribution in [0.3, 0.4) is 0 Å². The SMILES string of the molecule is CCC(C)(Pc1ccc(C)cc1F)c1cc(C)cc(C)c1O. The van der Waals surface area contributed by atoms with E-state index in [1.165, 1.54) is 0 Å². The van der Waals surface area contributed by atoms with Crippen LogP contribution in [0.25, 0.3) is 0 Å². The van der Waals surface area contributed by atoms with Crippen molar-refractivity contribution in [3.63, 3.8) is 0 Å². The van der Waals surface area contributed by atoms with Crippen LogP contribution in [0.4, 0.5) is 4.39 Å². The first-order valence-electron chi connectivity index (χ1n) is 7.62. The van der Waals surface area contributed by atoms with Gasteiger partial charge in [-0.2, -0.15) is 0 Å². The highest BCUT2D eigenvalue weighted by Crippen LogP contribution is 2.48. The second kappa shape index (κ2) is 6.38. The van der Waals surface area contributed by atoms with E-state index in [9.17, 15) is 9.50 Å². The fourth-order valence-electron chi connectivity index (χ4n) is 2.75. The van der Waals surface area contributed by atoms with Gasteiger partial charge < -0.3 is 5.11 Å². The summed E-state index contributed by atoms with van der Waals surface area (Å²) in [5.74, 6) is 0.192. The Labute approximate surface area is 134 Å². The van der Waals surface area contributed by atoms with Crippen LogP contribution in [-0.4, -0.2) is 5.11 Å². The minimum atomic E-state index is -0.267. The molecule has 2 unspecified atom stereocenters. The van der Waals surface area contributed by atoms with Crippen LogP contribution >= 0.6 is 8.58 Å². The molecule has 0 aliphatic heterocycles. The lowest BCUT2D eigenvalue weighted by molar-refractivity contribution is 0.452. The van der Waals surface area contributed by atoms with E-state index < -0.39 is 0 Å². The molecule has 22 heavy (non-hydrogen) atoms. The van der Waals surface area contributed by atoms with Gasteiger partial charge in [0.1, 0.15) is 11.6 Å². The van der Waals surface area contributed by atoms with Crippen LogP contribution in [0.5, 0.6) is 5.75 Å². The topological polar surface area (TPSA) is 20.2 Å². The summed E-state index contributed by atoms with van der Waals surface area (Å²) in [5, 5.41) is 11.0. The molecule has 0 aliphatic rings. The fourth-order valence-corrected chi connectivity index (χ4v) is 4.20. The summed E-state index contributed by atoms with van der Waals surface area (Å²) in [7, 11) is 0.275. The molecule has 1 N–H and O–H groups in total. The summed E-state index contributed by atoms with van der Waals surface area (Å²) in [5.41, 5.74) is 3.85. The number of halogens is 1. The van der Waals surface area contributed by atoms with Crippen LogP contribution < -0.4 is 5.30 Å². The number of aryl methyl sites for hydroxylation is 3. The lowest BCUT2D eigenvalue weighted by Gasteiger charge is -2.31. The van der Waals surface area contributed by atoms with Gasteiger partial charge in [-0.15, -0.1) is 0 Å². The van der Waals surface area contributed by atoms with Gasteiger partial charge in [-0.3, -0.25) is 0 Å². The summed E-state index contributed by atoms with van der Waals surface area (Å²) < 4.78 is 14.2. The molecule has 2 aromatic rings. The van der Waals surface area contributed by atoms with E-state index in [0.29, 0.717) is 5.75 Å². The monoisotopic (exact) mass is 318 g/mol. The van der Waals surface area contributed by atoms with Crippen molar-refractivity contribution in [2.45, 2.75) is 46.2 Å². The molecule has 1 nitrogen and oxygen atoms in total. The zero-order chi connectivity index (χ0) is 16.5. The summed E-state index contributed by atoms with van der Waals surface area (Å²) in [6, 6.07) is 9.41. The molecular formula is C19H24FOP. The Hall–Kier alpha value is -1.40. The number of aromatic hydroxyl groups is 1. The van der Waals surface area contributed by atoms with Gasteiger partial charge in [0.05, 0.1) is 0 Å². The van der Waals surface area contributed by atoms with Crippen LogP contribution in [0.1, 0.15) is 42.5 Å². The van der Waals surface area contributed by atoms with Gasteiger partial charge in [-0.05, 0) is 44.4 Å². The third-order valence-electron chi connectivity index (χ3n) is 4.28. The highest BCUT2D eigenvalue weighted by molar-refractivity contribution is 7.48. The predicted molar refractivity (Wildman–Crippen MR) is 94.3 cm³/mol. The molecular weight excluding hydrogens is 294 g/mol.